The van der Waals surface area contributed by atoms with Gasteiger partial charge < -0.3 is 25.3 Å². The summed E-state index contributed by atoms with van der Waals surface area (Å²) in [6.07, 6.45) is 5.67. The summed E-state index contributed by atoms with van der Waals surface area (Å²) in [7, 11) is 0. The number of carbonyl (C=O) groups excluding carboxylic acids is 4. The summed E-state index contributed by atoms with van der Waals surface area (Å²) in [6, 6.07) is 6.69. The lowest BCUT2D eigenvalue weighted by Crippen LogP contribution is -2.59. The van der Waals surface area contributed by atoms with Crippen molar-refractivity contribution >= 4 is 24.4 Å². The van der Waals surface area contributed by atoms with Crippen LogP contribution in [0.2, 0.25) is 0 Å². The Balaban J connectivity index is 2.19. The van der Waals surface area contributed by atoms with E-state index in [-0.39, 0.29) is 18.9 Å². The Bertz CT molecular complexity index is 998. The summed E-state index contributed by atoms with van der Waals surface area (Å²) < 4.78 is 17.1. The van der Waals surface area contributed by atoms with Gasteiger partial charge in [-0.15, -0.1) is 0 Å². The molecule has 235 valence electrons. The third-order valence-corrected chi connectivity index (χ3v) is 6.88. The first-order valence-electron chi connectivity index (χ1n) is 15.0. The molecule has 0 saturated heterocycles. The van der Waals surface area contributed by atoms with Crippen LogP contribution in [0.1, 0.15) is 98.5 Å². The molecular formula is C32H50N3O7. The van der Waals surface area contributed by atoms with Crippen molar-refractivity contribution in [1.82, 2.24) is 10.2 Å². The predicted molar refractivity (Wildman–Crippen MR) is 160 cm³/mol. The fourth-order valence-electron chi connectivity index (χ4n) is 4.98. The smallest absolute Gasteiger partial charge is 0.417 e. The van der Waals surface area contributed by atoms with Crippen molar-refractivity contribution in [2.45, 2.75) is 129 Å². The Morgan fingerprint density at radius 1 is 1.00 bits per heavy atom. The molecule has 2 rings (SSSR count). The van der Waals surface area contributed by atoms with E-state index >= 15 is 0 Å². The quantitative estimate of drug-likeness (QED) is 0.292. The van der Waals surface area contributed by atoms with Gasteiger partial charge in [0, 0.05) is 6.54 Å². The van der Waals surface area contributed by atoms with E-state index in [9.17, 15) is 19.2 Å². The normalized spacial score (nSPS) is 16.5. The van der Waals surface area contributed by atoms with E-state index in [0.29, 0.717) is 19.4 Å². The molecule has 0 aliphatic heterocycles. The van der Waals surface area contributed by atoms with Crippen LogP contribution in [0.5, 0.6) is 0 Å². The highest BCUT2D eigenvalue weighted by atomic mass is 16.6. The van der Waals surface area contributed by atoms with Crippen LogP contribution in [0.4, 0.5) is 9.59 Å². The number of hydrogen-bond donors (Lipinski definition) is 2. The van der Waals surface area contributed by atoms with E-state index in [2.05, 4.69) is 5.32 Å². The second-order valence-corrected chi connectivity index (χ2v) is 12.9. The molecule has 1 aliphatic rings. The van der Waals surface area contributed by atoms with E-state index in [1.807, 2.05) is 45.3 Å². The first kappa shape index (κ1) is 35.2. The number of nitrogens with one attached hydrogen (secondary N) is 1. The van der Waals surface area contributed by atoms with Crippen molar-refractivity contribution in [2.75, 3.05) is 6.54 Å². The van der Waals surface area contributed by atoms with Gasteiger partial charge in [-0.05, 0) is 85.1 Å². The monoisotopic (exact) mass is 588 g/mol. The van der Waals surface area contributed by atoms with E-state index in [1.165, 1.54) is 0 Å². The van der Waals surface area contributed by atoms with Crippen molar-refractivity contribution in [2.24, 2.45) is 11.7 Å². The number of amides is 3. The molecule has 0 spiro atoms. The van der Waals surface area contributed by atoms with E-state index in [4.69, 9.17) is 19.9 Å². The molecule has 42 heavy (non-hydrogen) atoms. The van der Waals surface area contributed by atoms with E-state index < -0.39 is 47.5 Å². The molecule has 1 saturated carbocycles. The number of alkyl carbamates (subject to hydrolysis) is 1. The molecule has 0 bridgehead atoms. The molecule has 1 unspecified atom stereocenters. The maximum absolute atomic E-state index is 13.8. The average molecular weight is 589 g/mol. The number of imide groups is 1. The van der Waals surface area contributed by atoms with Gasteiger partial charge in [-0.1, -0.05) is 49.6 Å². The van der Waals surface area contributed by atoms with Gasteiger partial charge >= 0.3 is 12.2 Å². The lowest BCUT2D eigenvalue weighted by molar-refractivity contribution is -0.143. The zero-order valence-corrected chi connectivity index (χ0v) is 26.1. The van der Waals surface area contributed by atoms with Crippen LogP contribution in [0.15, 0.2) is 30.3 Å². The Hall–Kier alpha value is -2.98. The molecule has 10 heteroatoms. The topological polar surface area (TPSA) is 137 Å². The highest BCUT2D eigenvalue weighted by Gasteiger charge is 2.44. The minimum atomic E-state index is -1.32. The summed E-state index contributed by atoms with van der Waals surface area (Å²) in [5, 5.41) is 2.68. The fourth-order valence-corrected chi connectivity index (χ4v) is 4.98. The molecule has 3 atom stereocenters. The Morgan fingerprint density at radius 3 is 2.21 bits per heavy atom. The van der Waals surface area contributed by atoms with Crippen molar-refractivity contribution in [3.8, 4) is 0 Å². The second-order valence-electron chi connectivity index (χ2n) is 12.9. The molecule has 1 fully saturated rings. The predicted octanol–water partition coefficient (Wildman–Crippen LogP) is 5.42. The van der Waals surface area contributed by atoms with Crippen LogP contribution < -0.4 is 11.1 Å². The minimum Gasteiger partial charge on any atom is -0.444 e. The highest BCUT2D eigenvalue weighted by Crippen LogP contribution is 2.33. The van der Waals surface area contributed by atoms with Crippen LogP contribution in [-0.2, 0) is 30.4 Å². The van der Waals surface area contributed by atoms with Gasteiger partial charge in [-0.25, -0.2) is 14.5 Å². The van der Waals surface area contributed by atoms with Crippen LogP contribution in [0.3, 0.4) is 0 Å². The van der Waals surface area contributed by atoms with Crippen molar-refractivity contribution < 1.29 is 33.4 Å². The van der Waals surface area contributed by atoms with Gasteiger partial charge in [0.2, 0.25) is 12.2 Å². The summed E-state index contributed by atoms with van der Waals surface area (Å²) in [6.45, 7) is 11.2. The zero-order chi connectivity index (χ0) is 31.3. The van der Waals surface area contributed by atoms with Gasteiger partial charge in [0.25, 0.3) is 0 Å². The fraction of sp³-hybridized carbons (Fsp3) is 0.688. The van der Waals surface area contributed by atoms with Gasteiger partial charge in [0.05, 0.1) is 17.7 Å². The number of carbonyl (C=O) groups is 3. The third kappa shape index (κ3) is 12.5. The SMILES string of the molecule is CC(C)(C)OC(=O)NCCCC[C@H](N)C(=O)N(C(=O)OCc1ccccc1)[C@H]([C]=O)C(OC(C)(C)C)C1CCCCC1. The maximum Gasteiger partial charge on any atom is 0.417 e. The number of hydrogen-bond acceptors (Lipinski definition) is 8. The average Bonchev–Trinajstić information content (AvgIpc) is 2.92. The van der Waals surface area contributed by atoms with Gasteiger partial charge in [0.15, 0.2) is 0 Å². The molecule has 0 aromatic heterocycles. The number of nitrogens with two attached hydrogens (primary N) is 1. The highest BCUT2D eigenvalue weighted by molar-refractivity contribution is 5.97. The molecule has 1 radical (unpaired) electrons. The Morgan fingerprint density at radius 2 is 1.64 bits per heavy atom. The summed E-state index contributed by atoms with van der Waals surface area (Å²) in [5.41, 5.74) is 5.81. The van der Waals surface area contributed by atoms with Crippen molar-refractivity contribution in [3.63, 3.8) is 0 Å². The third-order valence-electron chi connectivity index (χ3n) is 6.88. The lowest BCUT2D eigenvalue weighted by atomic mass is 9.82. The molecule has 10 nitrogen and oxygen atoms in total. The van der Waals surface area contributed by atoms with Crippen molar-refractivity contribution in [1.29, 1.82) is 0 Å². The van der Waals surface area contributed by atoms with E-state index in [1.54, 1.807) is 32.9 Å². The van der Waals surface area contributed by atoms with Crippen LogP contribution >= 0.6 is 0 Å². The van der Waals surface area contributed by atoms with Crippen molar-refractivity contribution in [3.05, 3.63) is 35.9 Å². The molecule has 0 heterocycles. The molecule has 3 amide bonds. The number of ether oxygens (including phenoxy) is 3. The maximum atomic E-state index is 13.8. The number of rotatable bonds is 13. The van der Waals surface area contributed by atoms with Gasteiger partial charge in [0.1, 0.15) is 18.2 Å². The number of unbranched alkanes of at least 4 members (excludes halogenated alkanes) is 1. The van der Waals surface area contributed by atoms with E-state index in [0.717, 1.165) is 42.6 Å². The number of nitrogens with zero attached hydrogens (tertiary/aromatic N) is 1. The molecule has 3 N–H and O–H groups in total. The largest absolute Gasteiger partial charge is 0.444 e. The van der Waals surface area contributed by atoms with Crippen LogP contribution in [0, 0.1) is 5.92 Å². The number of benzene rings is 1. The van der Waals surface area contributed by atoms with Gasteiger partial charge in [-0.3, -0.25) is 9.59 Å². The lowest BCUT2D eigenvalue weighted by Gasteiger charge is -2.40. The molecular weight excluding hydrogens is 538 g/mol. The standard InChI is InChI=1S/C32H50N3O7/c1-31(2,3)41-27(24-17-11-8-12-18-24)26(21-36)35(30(39)40-22-23-15-9-7-10-16-23)28(37)25(33)19-13-14-20-34-29(38)42-32(4,5)6/h7,9-10,15-16,24-27H,8,11-14,17-20,22,33H2,1-6H3,(H,34,38)/t25-,26+,27?/m0/s1. The first-order chi connectivity index (χ1) is 19.7. The second kappa shape index (κ2) is 16.6. The summed E-state index contributed by atoms with van der Waals surface area (Å²) in [5.74, 6) is -0.753. The zero-order valence-electron chi connectivity index (χ0n) is 26.1. The molecule has 1 aliphatic carbocycles. The summed E-state index contributed by atoms with van der Waals surface area (Å²) >= 11 is 0. The summed E-state index contributed by atoms with van der Waals surface area (Å²) in [4.78, 5) is 52.5. The first-order valence-corrected chi connectivity index (χ1v) is 15.0. The van der Waals surface area contributed by atoms with Crippen LogP contribution in [0.25, 0.3) is 0 Å². The van der Waals surface area contributed by atoms with Crippen LogP contribution in [-0.4, -0.2) is 65.2 Å². The minimum absolute atomic E-state index is 0.0307. The Kier molecular flexibility index (Phi) is 13.9. The van der Waals surface area contributed by atoms with Gasteiger partial charge in [-0.2, -0.15) is 0 Å². The molecule has 1 aromatic carbocycles. The molecule has 1 aromatic rings. The Labute approximate surface area is 251 Å².